The third-order valence-electron chi connectivity index (χ3n) is 6.06. The van der Waals surface area contributed by atoms with Gasteiger partial charge in [0.05, 0.1) is 50.0 Å². The van der Waals surface area contributed by atoms with Gasteiger partial charge in [-0.3, -0.25) is 4.84 Å². The number of methoxy groups -OCH3 is 1. The van der Waals surface area contributed by atoms with Crippen LogP contribution in [0.15, 0.2) is 59.5 Å². The molecule has 0 spiro atoms. The van der Waals surface area contributed by atoms with Crippen LogP contribution in [0, 0.1) is 0 Å². The fourth-order valence-corrected chi connectivity index (χ4v) is 5.04. The maximum absolute atomic E-state index is 13.5. The van der Waals surface area contributed by atoms with E-state index in [1.807, 2.05) is 37.3 Å². The molecule has 1 fully saturated rings. The summed E-state index contributed by atoms with van der Waals surface area (Å²) in [6.07, 6.45) is -1.43. The Bertz CT molecular complexity index is 1080. The molecule has 2 unspecified atom stereocenters. The van der Waals surface area contributed by atoms with E-state index in [1.54, 1.807) is 6.92 Å². The molecule has 204 valence electrons. The summed E-state index contributed by atoms with van der Waals surface area (Å²) in [6, 6.07) is 14.3. The van der Waals surface area contributed by atoms with Crippen molar-refractivity contribution in [2.75, 3.05) is 26.9 Å². The molecule has 0 aliphatic carbocycles. The van der Waals surface area contributed by atoms with Crippen LogP contribution < -0.4 is 10.1 Å². The van der Waals surface area contributed by atoms with E-state index >= 15 is 0 Å². The van der Waals surface area contributed by atoms with E-state index in [0.717, 1.165) is 10.0 Å². The number of hydrogen-bond donors (Lipinski definition) is 2. The van der Waals surface area contributed by atoms with Crippen LogP contribution in [0.5, 0.6) is 5.75 Å². The molecule has 0 radical (unpaired) electrons. The quantitative estimate of drug-likeness (QED) is 0.375. The number of rotatable bonds is 13. The van der Waals surface area contributed by atoms with E-state index in [0.29, 0.717) is 31.8 Å². The number of aliphatic hydroxyl groups is 1. The van der Waals surface area contributed by atoms with Crippen molar-refractivity contribution in [3.63, 3.8) is 0 Å². The van der Waals surface area contributed by atoms with Crippen molar-refractivity contribution >= 4 is 16.1 Å². The summed E-state index contributed by atoms with van der Waals surface area (Å²) in [7, 11) is -2.66. The molecule has 2 N–H and O–H groups in total. The molecular formula is C26H36N2O8S. The highest BCUT2D eigenvalue weighted by Gasteiger charge is 2.33. The zero-order valence-electron chi connectivity index (χ0n) is 21.4. The smallest absolute Gasteiger partial charge is 0.407 e. The van der Waals surface area contributed by atoms with E-state index < -0.39 is 40.9 Å². The highest BCUT2D eigenvalue weighted by molar-refractivity contribution is 7.89. The zero-order chi connectivity index (χ0) is 26.8. The Hall–Kier alpha value is -2.70. The second-order valence-corrected chi connectivity index (χ2v) is 10.7. The summed E-state index contributed by atoms with van der Waals surface area (Å²) >= 11 is 0. The Morgan fingerprint density at radius 2 is 1.89 bits per heavy atom. The number of sulfonamides is 1. The molecule has 3 rings (SSSR count). The van der Waals surface area contributed by atoms with Crippen molar-refractivity contribution in [2.45, 2.75) is 62.4 Å². The number of carbonyl (C=O) groups is 1. The molecule has 0 bridgehead atoms. The predicted molar refractivity (Wildman–Crippen MR) is 137 cm³/mol. The van der Waals surface area contributed by atoms with Gasteiger partial charge < -0.3 is 24.6 Å². The SMILES string of the molecule is CCC(C)ON(C[C@@H](O)C(Cc1ccccc1)NC(=O)O[C@H]1CCOC1)S(=O)(=O)c1ccc(OC)cc1. The second kappa shape index (κ2) is 13.7. The lowest BCUT2D eigenvalue weighted by Crippen LogP contribution is -2.51. The Balaban J connectivity index is 1.82. The Labute approximate surface area is 218 Å². The summed E-state index contributed by atoms with van der Waals surface area (Å²) < 4.78 is 43.5. The molecule has 0 aromatic heterocycles. The fourth-order valence-electron chi connectivity index (χ4n) is 3.71. The number of amides is 1. The van der Waals surface area contributed by atoms with Gasteiger partial charge in [0.2, 0.25) is 0 Å². The minimum Gasteiger partial charge on any atom is -0.497 e. The van der Waals surface area contributed by atoms with E-state index in [9.17, 15) is 18.3 Å². The number of hydroxylamine groups is 1. The number of aliphatic hydroxyl groups excluding tert-OH is 1. The molecule has 1 aliphatic heterocycles. The molecule has 4 atom stereocenters. The van der Waals surface area contributed by atoms with Crippen molar-refractivity contribution in [1.29, 1.82) is 0 Å². The fraction of sp³-hybridized carbons (Fsp3) is 0.500. The molecule has 1 aliphatic rings. The van der Waals surface area contributed by atoms with Crippen LogP contribution in [-0.2, 0) is 30.8 Å². The van der Waals surface area contributed by atoms with Gasteiger partial charge in [-0.15, -0.1) is 0 Å². The molecule has 1 heterocycles. The van der Waals surface area contributed by atoms with Gasteiger partial charge in [0.25, 0.3) is 10.0 Å². The number of nitrogens with zero attached hydrogens (tertiary/aromatic N) is 1. The van der Waals surface area contributed by atoms with Crippen LogP contribution in [-0.4, -0.2) is 75.3 Å². The van der Waals surface area contributed by atoms with Crippen LogP contribution >= 0.6 is 0 Å². The van der Waals surface area contributed by atoms with Gasteiger partial charge in [-0.05, 0) is 49.6 Å². The van der Waals surface area contributed by atoms with Gasteiger partial charge in [0, 0.05) is 6.42 Å². The summed E-state index contributed by atoms with van der Waals surface area (Å²) in [5, 5.41) is 13.9. The van der Waals surface area contributed by atoms with E-state index in [1.165, 1.54) is 31.4 Å². The Morgan fingerprint density at radius 1 is 1.19 bits per heavy atom. The molecule has 2 aromatic rings. The molecular weight excluding hydrogens is 500 g/mol. The summed E-state index contributed by atoms with van der Waals surface area (Å²) in [5.41, 5.74) is 0.850. The standard InChI is InChI=1S/C26H36N2O8S/c1-4-19(2)36-28(37(31,32)23-12-10-21(33-3)11-13-23)17-25(29)24(16-20-8-6-5-7-9-20)27-26(30)35-22-14-15-34-18-22/h5-13,19,22,24-25,29H,4,14-18H2,1-3H3,(H,27,30)/t19?,22-,24?,25+/m0/s1. The first kappa shape index (κ1) is 28.9. The van der Waals surface area contributed by atoms with Gasteiger partial charge in [-0.2, -0.15) is 0 Å². The van der Waals surface area contributed by atoms with E-state index in [4.69, 9.17) is 19.0 Å². The lowest BCUT2D eigenvalue weighted by Gasteiger charge is -2.30. The predicted octanol–water partition coefficient (Wildman–Crippen LogP) is 2.90. The molecule has 11 heteroatoms. The molecule has 37 heavy (non-hydrogen) atoms. The van der Waals surface area contributed by atoms with Gasteiger partial charge >= 0.3 is 6.09 Å². The van der Waals surface area contributed by atoms with Crippen LogP contribution in [0.25, 0.3) is 0 Å². The van der Waals surface area contributed by atoms with Crippen molar-refractivity contribution in [3.05, 3.63) is 60.2 Å². The van der Waals surface area contributed by atoms with Gasteiger partial charge in [-0.25, -0.2) is 13.2 Å². The Morgan fingerprint density at radius 3 is 2.49 bits per heavy atom. The minimum absolute atomic E-state index is 0.0167. The average molecular weight is 537 g/mol. The molecule has 10 nitrogen and oxygen atoms in total. The van der Waals surface area contributed by atoms with Crippen LogP contribution in [0.3, 0.4) is 0 Å². The summed E-state index contributed by atoms with van der Waals surface area (Å²) in [6.45, 7) is 4.02. The lowest BCUT2D eigenvalue weighted by atomic mass is 10.0. The highest BCUT2D eigenvalue weighted by atomic mass is 32.2. The monoisotopic (exact) mass is 536 g/mol. The third kappa shape index (κ3) is 8.41. The lowest BCUT2D eigenvalue weighted by molar-refractivity contribution is -0.142. The van der Waals surface area contributed by atoms with Crippen LogP contribution in [0.2, 0.25) is 0 Å². The topological polar surface area (TPSA) is 124 Å². The van der Waals surface area contributed by atoms with Crippen LogP contribution in [0.4, 0.5) is 4.79 Å². The van der Waals surface area contributed by atoms with Crippen molar-refractivity contribution in [3.8, 4) is 5.75 Å². The molecule has 2 aromatic carbocycles. The number of nitrogens with one attached hydrogen (secondary N) is 1. The summed E-state index contributed by atoms with van der Waals surface area (Å²) in [5.74, 6) is 0.506. The van der Waals surface area contributed by atoms with E-state index in [-0.39, 0.29) is 17.4 Å². The second-order valence-electron chi connectivity index (χ2n) is 8.89. The minimum atomic E-state index is -4.14. The van der Waals surface area contributed by atoms with Gasteiger partial charge in [0.15, 0.2) is 0 Å². The molecule has 1 saturated heterocycles. The maximum atomic E-state index is 13.5. The van der Waals surface area contributed by atoms with Gasteiger partial charge in [-0.1, -0.05) is 41.7 Å². The molecule has 1 amide bonds. The van der Waals surface area contributed by atoms with E-state index in [2.05, 4.69) is 5.32 Å². The highest BCUT2D eigenvalue weighted by Crippen LogP contribution is 2.22. The molecule has 0 saturated carbocycles. The van der Waals surface area contributed by atoms with Crippen molar-refractivity contribution < 1.29 is 37.4 Å². The first-order valence-electron chi connectivity index (χ1n) is 12.3. The zero-order valence-corrected chi connectivity index (χ0v) is 22.2. The largest absolute Gasteiger partial charge is 0.497 e. The average Bonchev–Trinajstić information content (AvgIpc) is 3.41. The summed E-state index contributed by atoms with van der Waals surface area (Å²) in [4.78, 5) is 18.4. The number of hydrogen-bond acceptors (Lipinski definition) is 8. The normalized spacial score (nSPS) is 18.2. The third-order valence-corrected chi connectivity index (χ3v) is 7.70. The van der Waals surface area contributed by atoms with Crippen LogP contribution in [0.1, 0.15) is 32.3 Å². The number of carbonyl (C=O) groups excluding carboxylic acids is 1. The first-order chi connectivity index (χ1) is 17.7. The van der Waals surface area contributed by atoms with Crippen molar-refractivity contribution in [2.24, 2.45) is 0 Å². The number of benzene rings is 2. The van der Waals surface area contributed by atoms with Gasteiger partial charge in [0.1, 0.15) is 11.9 Å². The number of ether oxygens (including phenoxy) is 3. The number of alkyl carbamates (subject to hydrolysis) is 1. The maximum Gasteiger partial charge on any atom is 0.407 e. The van der Waals surface area contributed by atoms with Crippen molar-refractivity contribution in [1.82, 2.24) is 9.79 Å². The first-order valence-corrected chi connectivity index (χ1v) is 13.8. The Kier molecular flexibility index (Phi) is 10.7.